The molecule has 2 heterocycles. The number of anilines is 1. The summed E-state index contributed by atoms with van der Waals surface area (Å²) in [7, 11) is 0. The molecule has 0 aromatic heterocycles. The van der Waals surface area contributed by atoms with Crippen LogP contribution in [0.1, 0.15) is 36.2 Å². The van der Waals surface area contributed by atoms with E-state index in [0.29, 0.717) is 33.6 Å². The highest BCUT2D eigenvalue weighted by Gasteiger charge is 2.28. The molecule has 1 N–H and O–H groups in total. The van der Waals surface area contributed by atoms with E-state index in [0.717, 1.165) is 24.4 Å². The summed E-state index contributed by atoms with van der Waals surface area (Å²) in [6, 6.07) is 11.7. The average molecular weight is 411 g/mol. The van der Waals surface area contributed by atoms with Crippen LogP contribution in [0.15, 0.2) is 52.3 Å². The van der Waals surface area contributed by atoms with E-state index in [2.05, 4.69) is 19.2 Å². The minimum atomic E-state index is -0.370. The first-order valence-corrected chi connectivity index (χ1v) is 10.6. The van der Waals surface area contributed by atoms with Crippen LogP contribution in [-0.4, -0.2) is 29.8 Å². The van der Waals surface area contributed by atoms with Gasteiger partial charge in [0.05, 0.1) is 10.6 Å². The second-order valence-corrected chi connectivity index (χ2v) is 9.04. The lowest BCUT2D eigenvalue weighted by Gasteiger charge is -2.35. The zero-order chi connectivity index (χ0) is 20.5. The summed E-state index contributed by atoms with van der Waals surface area (Å²) < 4.78 is 13.9. The Morgan fingerprint density at radius 3 is 2.62 bits per heavy atom. The number of rotatable bonds is 2. The highest BCUT2D eigenvalue weighted by Crippen LogP contribution is 2.39. The van der Waals surface area contributed by atoms with Crippen molar-refractivity contribution in [2.75, 3.05) is 18.4 Å². The number of benzene rings is 2. The van der Waals surface area contributed by atoms with Crippen molar-refractivity contribution in [1.29, 1.82) is 0 Å². The molecule has 2 atom stereocenters. The van der Waals surface area contributed by atoms with Gasteiger partial charge in [0.25, 0.3) is 11.8 Å². The van der Waals surface area contributed by atoms with Crippen LogP contribution < -0.4 is 5.32 Å². The van der Waals surface area contributed by atoms with Crippen molar-refractivity contribution in [3.8, 4) is 0 Å². The van der Waals surface area contributed by atoms with E-state index in [4.69, 9.17) is 0 Å². The Bertz CT molecular complexity index is 994. The quantitative estimate of drug-likeness (QED) is 0.707. The van der Waals surface area contributed by atoms with Crippen LogP contribution in [0, 0.1) is 17.7 Å². The molecule has 0 bridgehead atoms. The first-order chi connectivity index (χ1) is 13.9. The fraction of sp³-hybridized carbons (Fsp3) is 0.304. The number of nitrogens with one attached hydrogen (secondary N) is 1. The highest BCUT2D eigenvalue weighted by molar-refractivity contribution is 8.04. The Hall–Kier alpha value is -2.60. The number of likely N-dealkylation sites (tertiary alicyclic amines) is 1. The van der Waals surface area contributed by atoms with Gasteiger partial charge in [-0.25, -0.2) is 4.39 Å². The smallest absolute Gasteiger partial charge is 0.262 e. The van der Waals surface area contributed by atoms with E-state index < -0.39 is 0 Å². The summed E-state index contributed by atoms with van der Waals surface area (Å²) in [5, 5.41) is 2.84. The normalized spacial score (nSPS) is 22.9. The van der Waals surface area contributed by atoms with Gasteiger partial charge in [-0.05, 0) is 48.6 Å². The number of halogens is 1. The summed E-state index contributed by atoms with van der Waals surface area (Å²) in [5.74, 6) is 0.308. The predicted molar refractivity (Wildman–Crippen MR) is 114 cm³/mol. The molecule has 2 amide bonds. The van der Waals surface area contributed by atoms with E-state index >= 15 is 0 Å². The Morgan fingerprint density at radius 2 is 1.90 bits per heavy atom. The molecule has 0 aliphatic carbocycles. The number of piperidine rings is 1. The van der Waals surface area contributed by atoms with Crippen LogP contribution in [0.2, 0.25) is 0 Å². The van der Waals surface area contributed by atoms with E-state index in [-0.39, 0.29) is 17.6 Å². The molecular formula is C23H23FN2O2S. The molecule has 0 spiro atoms. The summed E-state index contributed by atoms with van der Waals surface area (Å²) in [5.41, 5.74) is 1.57. The van der Waals surface area contributed by atoms with Gasteiger partial charge in [-0.1, -0.05) is 43.8 Å². The van der Waals surface area contributed by atoms with Gasteiger partial charge in [0.1, 0.15) is 5.82 Å². The maximum atomic E-state index is 13.9. The van der Waals surface area contributed by atoms with E-state index in [1.165, 1.54) is 17.8 Å². The summed E-state index contributed by atoms with van der Waals surface area (Å²) in [6.07, 6.45) is 2.69. The van der Waals surface area contributed by atoms with Gasteiger partial charge in [-0.15, -0.1) is 0 Å². The number of amides is 2. The molecule has 150 valence electrons. The Morgan fingerprint density at radius 1 is 1.17 bits per heavy atom. The van der Waals surface area contributed by atoms with Gasteiger partial charge < -0.3 is 10.2 Å². The van der Waals surface area contributed by atoms with Gasteiger partial charge in [0.15, 0.2) is 0 Å². The second-order valence-electron chi connectivity index (χ2n) is 7.95. The molecule has 0 radical (unpaired) electrons. The number of hydrogen-bond donors (Lipinski definition) is 1. The standard InChI is InChI=1S/C23H23FN2O2S/c1-14-9-15(2)13-26(12-14)23(28)17-7-8-20-19(10-17)25-22(27)21(29-20)11-16-5-3-4-6-18(16)24/h3-8,10-11,14-15H,9,12-13H2,1-2H3,(H,25,27)/b21-11+/t14-,15-/m1/s1. The second kappa shape index (κ2) is 8.03. The fourth-order valence-corrected chi connectivity index (χ4v) is 4.96. The average Bonchev–Trinajstić information content (AvgIpc) is 2.68. The van der Waals surface area contributed by atoms with Gasteiger partial charge in [-0.3, -0.25) is 9.59 Å². The zero-order valence-electron chi connectivity index (χ0n) is 16.4. The number of carbonyl (C=O) groups is 2. The van der Waals surface area contributed by atoms with Gasteiger partial charge in [-0.2, -0.15) is 0 Å². The maximum absolute atomic E-state index is 13.9. The van der Waals surface area contributed by atoms with Gasteiger partial charge in [0, 0.05) is 29.1 Å². The summed E-state index contributed by atoms with van der Waals surface area (Å²) in [6.45, 7) is 5.86. The molecule has 1 fully saturated rings. The van der Waals surface area contributed by atoms with Crippen LogP contribution in [-0.2, 0) is 4.79 Å². The molecule has 2 aromatic rings. The van der Waals surface area contributed by atoms with Crippen LogP contribution >= 0.6 is 11.8 Å². The SMILES string of the molecule is C[C@@H]1C[C@@H](C)CN(C(=O)c2ccc3c(c2)NC(=O)/C(=C\c2ccccc2F)S3)C1. The molecular weight excluding hydrogens is 387 g/mol. The van der Waals surface area contributed by atoms with E-state index in [9.17, 15) is 14.0 Å². The molecule has 1 saturated heterocycles. The van der Waals surface area contributed by atoms with Crippen molar-refractivity contribution in [3.63, 3.8) is 0 Å². The molecule has 6 heteroatoms. The molecule has 2 aromatic carbocycles. The monoisotopic (exact) mass is 410 g/mol. The Labute approximate surface area is 174 Å². The number of nitrogens with zero attached hydrogens (tertiary/aromatic N) is 1. The Kier molecular flexibility index (Phi) is 5.46. The van der Waals surface area contributed by atoms with E-state index in [1.807, 2.05) is 11.0 Å². The van der Waals surface area contributed by atoms with Crippen LogP contribution in [0.5, 0.6) is 0 Å². The van der Waals surface area contributed by atoms with Crippen molar-refractivity contribution < 1.29 is 14.0 Å². The van der Waals surface area contributed by atoms with Crippen LogP contribution in [0.3, 0.4) is 0 Å². The minimum absolute atomic E-state index is 0.00172. The topological polar surface area (TPSA) is 49.4 Å². The molecule has 4 rings (SSSR count). The third-order valence-electron chi connectivity index (χ3n) is 5.27. The van der Waals surface area contributed by atoms with Gasteiger partial charge in [0.2, 0.25) is 0 Å². The molecule has 0 unspecified atom stereocenters. The third-order valence-corrected chi connectivity index (χ3v) is 6.37. The number of thioether (sulfide) groups is 1. The molecule has 29 heavy (non-hydrogen) atoms. The fourth-order valence-electron chi connectivity index (χ4n) is 4.04. The highest BCUT2D eigenvalue weighted by atomic mass is 32.2. The largest absolute Gasteiger partial charge is 0.338 e. The van der Waals surface area contributed by atoms with Gasteiger partial charge >= 0.3 is 0 Å². The molecule has 4 nitrogen and oxygen atoms in total. The number of carbonyl (C=O) groups excluding carboxylic acids is 2. The first-order valence-electron chi connectivity index (χ1n) is 9.79. The van der Waals surface area contributed by atoms with E-state index in [1.54, 1.807) is 36.4 Å². The first kappa shape index (κ1) is 19.7. The van der Waals surface area contributed by atoms with Crippen molar-refractivity contribution >= 4 is 35.3 Å². The lowest BCUT2D eigenvalue weighted by molar-refractivity contribution is -0.112. The third kappa shape index (κ3) is 4.22. The van der Waals surface area contributed by atoms with Crippen LogP contribution in [0.25, 0.3) is 6.08 Å². The van der Waals surface area contributed by atoms with Crippen LogP contribution in [0.4, 0.5) is 10.1 Å². The molecule has 2 aliphatic heterocycles. The molecule has 0 saturated carbocycles. The van der Waals surface area contributed by atoms with Crippen molar-refractivity contribution in [2.45, 2.75) is 25.2 Å². The lowest BCUT2D eigenvalue weighted by Crippen LogP contribution is -2.42. The summed E-state index contributed by atoms with van der Waals surface area (Å²) >= 11 is 1.28. The predicted octanol–water partition coefficient (Wildman–Crippen LogP) is 5.03. The van der Waals surface area contributed by atoms with Crippen molar-refractivity contribution in [2.24, 2.45) is 11.8 Å². The summed E-state index contributed by atoms with van der Waals surface area (Å²) in [4.78, 5) is 28.6. The van der Waals surface area contributed by atoms with Crippen molar-refractivity contribution in [3.05, 3.63) is 64.3 Å². The lowest BCUT2D eigenvalue weighted by atomic mass is 9.91. The number of fused-ring (bicyclic) bond motifs is 1. The van der Waals surface area contributed by atoms with Crippen molar-refractivity contribution in [1.82, 2.24) is 4.90 Å². The number of hydrogen-bond acceptors (Lipinski definition) is 3. The minimum Gasteiger partial charge on any atom is -0.338 e. The maximum Gasteiger partial charge on any atom is 0.262 e. The Balaban J connectivity index is 1.57. The zero-order valence-corrected chi connectivity index (χ0v) is 17.3. The molecule has 2 aliphatic rings.